The fraction of sp³-hybridized carbons (Fsp3) is 0.0500. The number of nitrogens with one attached hydrogen (secondary N) is 3. The van der Waals surface area contributed by atoms with Gasteiger partial charge in [-0.15, -0.1) is 0 Å². The molecule has 28 heavy (non-hydrogen) atoms. The van der Waals surface area contributed by atoms with Crippen LogP contribution in [0, 0.1) is 0 Å². The van der Waals surface area contributed by atoms with Crippen LogP contribution in [0.3, 0.4) is 0 Å². The molecule has 2 amide bonds. The normalized spacial score (nSPS) is 10.2. The molecule has 0 unspecified atom stereocenters. The number of H-pyrrole nitrogens is 1. The van der Waals surface area contributed by atoms with E-state index in [1.165, 1.54) is 0 Å². The second kappa shape index (κ2) is 8.88. The summed E-state index contributed by atoms with van der Waals surface area (Å²) in [6.45, 7) is -0.296. The number of aromatic amines is 1. The number of carbonyl (C=O) groups excluding carboxylic acids is 3. The second-order valence-electron chi connectivity index (χ2n) is 5.74. The molecule has 0 aliphatic heterocycles. The van der Waals surface area contributed by atoms with Gasteiger partial charge in [0.1, 0.15) is 11.4 Å². The molecular formula is C20H16ClN3O4. The van der Waals surface area contributed by atoms with Gasteiger partial charge in [0.05, 0.1) is 0 Å². The van der Waals surface area contributed by atoms with Crippen LogP contribution in [0.1, 0.15) is 26.4 Å². The molecule has 0 radical (unpaired) electrons. The maximum atomic E-state index is 12.4. The molecule has 0 aliphatic carbocycles. The Kier molecular flexibility index (Phi) is 6.08. The molecule has 142 valence electrons. The molecule has 2 aromatic carbocycles. The zero-order chi connectivity index (χ0) is 19.9. The van der Waals surface area contributed by atoms with E-state index in [2.05, 4.69) is 15.8 Å². The number of hydrogen-bond acceptors (Lipinski definition) is 4. The van der Waals surface area contributed by atoms with Crippen LogP contribution in [-0.4, -0.2) is 29.2 Å². The van der Waals surface area contributed by atoms with Crippen molar-refractivity contribution >= 4 is 29.2 Å². The van der Waals surface area contributed by atoms with Gasteiger partial charge in [-0.05, 0) is 60.7 Å². The Morgan fingerprint density at radius 2 is 1.54 bits per heavy atom. The number of halogens is 1. The van der Waals surface area contributed by atoms with E-state index < -0.39 is 11.8 Å². The van der Waals surface area contributed by atoms with E-state index in [1.807, 2.05) is 0 Å². The predicted molar refractivity (Wildman–Crippen MR) is 103 cm³/mol. The lowest BCUT2D eigenvalue weighted by molar-refractivity contribution is -0.123. The predicted octanol–water partition coefficient (Wildman–Crippen LogP) is 2.74. The number of hydrazine groups is 1. The number of benzene rings is 2. The number of ether oxygens (including phenoxy) is 1. The van der Waals surface area contributed by atoms with Crippen LogP contribution in [0.25, 0.3) is 0 Å². The number of ketones is 1. The fourth-order valence-corrected chi connectivity index (χ4v) is 2.45. The molecule has 3 rings (SSSR count). The summed E-state index contributed by atoms with van der Waals surface area (Å²) in [7, 11) is 0. The largest absolute Gasteiger partial charge is 0.484 e. The first kappa shape index (κ1) is 19.2. The number of aromatic nitrogens is 1. The van der Waals surface area contributed by atoms with Crippen LogP contribution < -0.4 is 15.6 Å². The smallest absolute Gasteiger partial charge is 0.286 e. The lowest BCUT2D eigenvalue weighted by Crippen LogP contribution is -2.43. The van der Waals surface area contributed by atoms with Crippen molar-refractivity contribution in [1.82, 2.24) is 15.8 Å². The van der Waals surface area contributed by atoms with Crippen LogP contribution in [0.5, 0.6) is 5.75 Å². The van der Waals surface area contributed by atoms with Crippen molar-refractivity contribution in [3.05, 3.63) is 88.7 Å². The molecule has 0 bridgehead atoms. The van der Waals surface area contributed by atoms with Crippen LogP contribution in [0.15, 0.2) is 66.9 Å². The highest BCUT2D eigenvalue weighted by atomic mass is 35.5. The third kappa shape index (κ3) is 4.99. The lowest BCUT2D eigenvalue weighted by Gasteiger charge is -2.09. The minimum atomic E-state index is -0.527. The van der Waals surface area contributed by atoms with E-state index in [1.54, 1.807) is 66.9 Å². The SMILES string of the molecule is O=C(COc1ccc(C(=O)c2ccc(Cl)cc2)cc1)NNC(=O)c1ccc[nH]1. The van der Waals surface area contributed by atoms with Gasteiger partial charge in [0.15, 0.2) is 12.4 Å². The van der Waals surface area contributed by atoms with E-state index in [4.69, 9.17) is 16.3 Å². The third-order valence-corrected chi connectivity index (χ3v) is 4.00. The minimum Gasteiger partial charge on any atom is -0.484 e. The fourth-order valence-electron chi connectivity index (χ4n) is 2.32. The topological polar surface area (TPSA) is 100 Å². The van der Waals surface area contributed by atoms with Crippen molar-refractivity contribution in [2.75, 3.05) is 6.61 Å². The average molecular weight is 398 g/mol. The average Bonchev–Trinajstić information content (AvgIpc) is 3.26. The molecule has 0 fully saturated rings. The summed E-state index contributed by atoms with van der Waals surface area (Å²) in [5.41, 5.74) is 5.84. The van der Waals surface area contributed by atoms with Gasteiger partial charge in [0.2, 0.25) is 0 Å². The van der Waals surface area contributed by atoms with Crippen molar-refractivity contribution < 1.29 is 19.1 Å². The van der Waals surface area contributed by atoms with Gasteiger partial charge >= 0.3 is 0 Å². The molecule has 1 aromatic heterocycles. The summed E-state index contributed by atoms with van der Waals surface area (Å²) in [6.07, 6.45) is 1.60. The summed E-state index contributed by atoms with van der Waals surface area (Å²) in [6, 6.07) is 16.3. The van der Waals surface area contributed by atoms with Gasteiger partial charge in [-0.3, -0.25) is 25.2 Å². The van der Waals surface area contributed by atoms with Gasteiger partial charge in [-0.1, -0.05) is 11.6 Å². The van der Waals surface area contributed by atoms with Crippen LogP contribution in [0.2, 0.25) is 5.02 Å². The van der Waals surface area contributed by atoms with Gasteiger partial charge < -0.3 is 9.72 Å². The molecule has 3 N–H and O–H groups in total. The summed E-state index contributed by atoms with van der Waals surface area (Å²) in [5, 5.41) is 0.558. The van der Waals surface area contributed by atoms with E-state index in [9.17, 15) is 14.4 Å². The summed E-state index contributed by atoms with van der Waals surface area (Å²) >= 11 is 5.82. The molecule has 3 aromatic rings. The lowest BCUT2D eigenvalue weighted by atomic mass is 10.0. The second-order valence-corrected chi connectivity index (χ2v) is 6.17. The van der Waals surface area contributed by atoms with E-state index >= 15 is 0 Å². The van der Waals surface area contributed by atoms with Crippen molar-refractivity contribution in [3.8, 4) is 5.75 Å². The number of carbonyl (C=O) groups is 3. The molecule has 0 saturated carbocycles. The molecular weight excluding hydrogens is 382 g/mol. The Bertz CT molecular complexity index is 968. The third-order valence-electron chi connectivity index (χ3n) is 3.75. The highest BCUT2D eigenvalue weighted by Crippen LogP contribution is 2.17. The van der Waals surface area contributed by atoms with Gasteiger partial charge in [0.25, 0.3) is 11.8 Å². The first-order valence-electron chi connectivity index (χ1n) is 8.28. The van der Waals surface area contributed by atoms with Gasteiger partial charge in [-0.25, -0.2) is 0 Å². The van der Waals surface area contributed by atoms with Crippen molar-refractivity contribution in [1.29, 1.82) is 0 Å². The highest BCUT2D eigenvalue weighted by molar-refractivity contribution is 6.30. The summed E-state index contributed by atoms with van der Waals surface area (Å²) in [4.78, 5) is 38.5. The Morgan fingerprint density at radius 1 is 0.893 bits per heavy atom. The molecule has 8 heteroatoms. The Balaban J connectivity index is 1.48. The molecule has 0 aliphatic rings. The monoisotopic (exact) mass is 397 g/mol. The van der Waals surface area contributed by atoms with Crippen molar-refractivity contribution in [2.45, 2.75) is 0 Å². The number of rotatable bonds is 6. The standard InChI is InChI=1S/C20H16ClN3O4/c21-15-7-3-13(4-8-15)19(26)14-5-9-16(10-6-14)28-12-18(25)23-24-20(27)17-2-1-11-22-17/h1-11,22H,12H2,(H,23,25)(H,24,27). The van der Waals surface area contributed by atoms with Gasteiger partial charge in [-0.2, -0.15) is 0 Å². The first-order chi connectivity index (χ1) is 13.5. The van der Waals surface area contributed by atoms with Gasteiger partial charge in [0, 0.05) is 22.3 Å². The Labute approximate surface area is 165 Å². The summed E-state index contributed by atoms with van der Waals surface area (Å²) < 4.78 is 5.35. The quantitative estimate of drug-likeness (QED) is 0.440. The van der Waals surface area contributed by atoms with Crippen molar-refractivity contribution in [3.63, 3.8) is 0 Å². The number of amides is 2. The Morgan fingerprint density at radius 3 is 2.14 bits per heavy atom. The van der Waals surface area contributed by atoms with Crippen molar-refractivity contribution in [2.24, 2.45) is 0 Å². The summed E-state index contributed by atoms with van der Waals surface area (Å²) in [5.74, 6) is -0.726. The Hall–Kier alpha value is -3.58. The zero-order valence-corrected chi connectivity index (χ0v) is 15.3. The molecule has 0 atom stereocenters. The van der Waals surface area contributed by atoms with E-state index in [-0.39, 0.29) is 12.4 Å². The molecule has 7 nitrogen and oxygen atoms in total. The van der Waals surface area contributed by atoms with E-state index in [0.717, 1.165) is 0 Å². The zero-order valence-electron chi connectivity index (χ0n) is 14.6. The molecule has 1 heterocycles. The van der Waals surface area contributed by atoms with Crippen LogP contribution in [0.4, 0.5) is 0 Å². The molecule has 0 spiro atoms. The number of hydrogen-bond donors (Lipinski definition) is 3. The molecule has 0 saturated heterocycles. The van der Waals surface area contributed by atoms with Crippen LogP contribution >= 0.6 is 11.6 Å². The van der Waals surface area contributed by atoms with Crippen LogP contribution in [-0.2, 0) is 4.79 Å². The maximum absolute atomic E-state index is 12.4. The maximum Gasteiger partial charge on any atom is 0.286 e. The first-order valence-corrected chi connectivity index (χ1v) is 8.66. The minimum absolute atomic E-state index is 0.145. The highest BCUT2D eigenvalue weighted by Gasteiger charge is 2.10. The van der Waals surface area contributed by atoms with E-state index in [0.29, 0.717) is 27.6 Å².